The normalized spacial score (nSPS) is 10.8. The van der Waals surface area contributed by atoms with E-state index in [0.29, 0.717) is 0 Å². The first-order valence-corrected chi connectivity index (χ1v) is 8.60. The third-order valence-corrected chi connectivity index (χ3v) is 3.50. The topological polar surface area (TPSA) is 24.1 Å². The van der Waals surface area contributed by atoms with Gasteiger partial charge in [0.15, 0.2) is 0 Å². The highest BCUT2D eigenvalue weighted by molar-refractivity contribution is 7.98. The van der Waals surface area contributed by atoms with E-state index in [9.17, 15) is 0 Å². The predicted octanol–water partition coefficient (Wildman–Crippen LogP) is 2.06. The van der Waals surface area contributed by atoms with Crippen molar-refractivity contribution in [2.75, 3.05) is 50.2 Å². The monoisotopic (exact) mass is 250 g/mol. The van der Waals surface area contributed by atoms with Gasteiger partial charge in [-0.05, 0) is 69.5 Å². The molecule has 0 saturated carbocycles. The lowest BCUT2D eigenvalue weighted by Crippen LogP contribution is -2.23. The van der Waals surface area contributed by atoms with Crippen LogP contribution in [-0.4, -0.2) is 50.2 Å². The maximum Gasteiger partial charge on any atom is -0.00368 e. The molecule has 0 atom stereocenters. The van der Waals surface area contributed by atoms with Gasteiger partial charge in [0, 0.05) is 0 Å². The number of hydrogen-bond donors (Lipinski definition) is 2. The van der Waals surface area contributed by atoms with Crippen molar-refractivity contribution in [3.63, 3.8) is 0 Å². The van der Waals surface area contributed by atoms with Crippen LogP contribution in [0.1, 0.15) is 19.3 Å². The molecule has 0 spiro atoms. The average molecular weight is 250 g/mol. The highest BCUT2D eigenvalue weighted by atomic mass is 32.2. The first-order valence-electron chi connectivity index (χ1n) is 5.81. The number of hydrogen-bond acceptors (Lipinski definition) is 4. The van der Waals surface area contributed by atoms with E-state index >= 15 is 0 Å². The molecule has 0 aliphatic carbocycles. The molecule has 0 heterocycles. The summed E-state index contributed by atoms with van der Waals surface area (Å²) >= 11 is 3.85. The summed E-state index contributed by atoms with van der Waals surface area (Å²) in [5.74, 6) is 2.56. The molecule has 4 heteroatoms. The molecule has 0 amide bonds. The van der Waals surface area contributed by atoms with E-state index in [1.807, 2.05) is 23.5 Å². The van der Waals surface area contributed by atoms with Crippen LogP contribution in [0.2, 0.25) is 0 Å². The Morgan fingerprint density at radius 2 is 1.07 bits per heavy atom. The van der Waals surface area contributed by atoms with Crippen molar-refractivity contribution < 1.29 is 0 Å². The van der Waals surface area contributed by atoms with Crippen LogP contribution < -0.4 is 10.6 Å². The fourth-order valence-electron chi connectivity index (χ4n) is 1.27. The molecular weight excluding hydrogens is 224 g/mol. The lowest BCUT2D eigenvalue weighted by molar-refractivity contribution is 0.591. The maximum atomic E-state index is 3.46. The van der Waals surface area contributed by atoms with E-state index in [0.717, 1.165) is 13.1 Å². The summed E-state index contributed by atoms with van der Waals surface area (Å²) in [6.07, 6.45) is 8.17. The number of nitrogens with one attached hydrogen (secondary N) is 2. The van der Waals surface area contributed by atoms with Crippen LogP contribution in [0, 0.1) is 0 Å². The van der Waals surface area contributed by atoms with E-state index in [1.54, 1.807) is 0 Å². The van der Waals surface area contributed by atoms with Gasteiger partial charge in [-0.1, -0.05) is 0 Å². The molecule has 2 N–H and O–H groups in total. The van der Waals surface area contributed by atoms with Gasteiger partial charge < -0.3 is 10.6 Å². The van der Waals surface area contributed by atoms with Crippen molar-refractivity contribution in [2.45, 2.75) is 19.3 Å². The quantitative estimate of drug-likeness (QED) is 0.518. The Labute approximate surface area is 104 Å². The van der Waals surface area contributed by atoms with Crippen molar-refractivity contribution in [3.8, 4) is 0 Å². The molecule has 0 fully saturated rings. The summed E-state index contributed by atoms with van der Waals surface area (Å²) in [6.45, 7) is 4.66. The van der Waals surface area contributed by atoms with Gasteiger partial charge in [-0.25, -0.2) is 0 Å². The highest BCUT2D eigenvalue weighted by Gasteiger charge is 1.90. The van der Waals surface area contributed by atoms with E-state index in [-0.39, 0.29) is 0 Å². The zero-order chi connectivity index (χ0) is 11.2. The fraction of sp³-hybridized carbons (Fsp3) is 1.00. The largest absolute Gasteiger partial charge is 0.317 e. The minimum atomic E-state index is 1.16. The van der Waals surface area contributed by atoms with Gasteiger partial charge in [0.1, 0.15) is 0 Å². The Morgan fingerprint density at radius 3 is 1.47 bits per heavy atom. The van der Waals surface area contributed by atoms with Crippen LogP contribution in [0.15, 0.2) is 0 Å². The van der Waals surface area contributed by atoms with Crippen molar-refractivity contribution in [1.82, 2.24) is 10.6 Å². The lowest BCUT2D eigenvalue weighted by Gasteiger charge is -2.05. The molecule has 0 radical (unpaired) electrons. The number of thioether (sulfide) groups is 2. The van der Waals surface area contributed by atoms with E-state index in [1.165, 1.54) is 43.9 Å². The molecular formula is C11H26N2S2. The Morgan fingerprint density at radius 1 is 0.667 bits per heavy atom. The summed E-state index contributed by atoms with van der Waals surface area (Å²) in [5, 5.41) is 6.93. The van der Waals surface area contributed by atoms with Crippen molar-refractivity contribution >= 4 is 23.5 Å². The molecule has 15 heavy (non-hydrogen) atoms. The van der Waals surface area contributed by atoms with Crippen molar-refractivity contribution in [3.05, 3.63) is 0 Å². The van der Waals surface area contributed by atoms with Crippen LogP contribution in [0.25, 0.3) is 0 Å². The second kappa shape index (κ2) is 14.6. The van der Waals surface area contributed by atoms with E-state index in [4.69, 9.17) is 0 Å². The van der Waals surface area contributed by atoms with Crippen LogP contribution in [0.3, 0.4) is 0 Å². The van der Waals surface area contributed by atoms with Crippen LogP contribution in [-0.2, 0) is 0 Å². The van der Waals surface area contributed by atoms with Gasteiger partial charge in [-0.3, -0.25) is 0 Å². The summed E-state index contributed by atoms with van der Waals surface area (Å²) in [7, 11) is 0. The standard InChI is InChI=1S/C11H26N2S2/c1-14-10-4-8-12-6-3-7-13-9-5-11-15-2/h12-13H,3-11H2,1-2H3. The fourth-order valence-corrected chi connectivity index (χ4v) is 2.14. The molecule has 0 bridgehead atoms. The molecule has 0 aliphatic rings. The van der Waals surface area contributed by atoms with Crippen LogP contribution >= 0.6 is 23.5 Å². The van der Waals surface area contributed by atoms with Gasteiger partial charge >= 0.3 is 0 Å². The molecule has 2 nitrogen and oxygen atoms in total. The highest BCUT2D eigenvalue weighted by Crippen LogP contribution is 1.94. The van der Waals surface area contributed by atoms with Gasteiger partial charge in [0.05, 0.1) is 0 Å². The Kier molecular flexibility index (Phi) is 15.2. The molecule has 92 valence electrons. The van der Waals surface area contributed by atoms with Gasteiger partial charge in [-0.2, -0.15) is 23.5 Å². The zero-order valence-corrected chi connectivity index (χ0v) is 11.8. The second-order valence-electron chi connectivity index (χ2n) is 3.55. The van der Waals surface area contributed by atoms with Crippen LogP contribution in [0.5, 0.6) is 0 Å². The Balaban J connectivity index is 2.81. The SMILES string of the molecule is CSCCCNCCCNCCCSC. The first kappa shape index (κ1) is 15.6. The molecule has 0 saturated heterocycles. The summed E-state index contributed by atoms with van der Waals surface area (Å²) in [5.41, 5.74) is 0. The minimum Gasteiger partial charge on any atom is -0.317 e. The molecule has 0 aromatic heterocycles. The van der Waals surface area contributed by atoms with Gasteiger partial charge in [0.25, 0.3) is 0 Å². The lowest BCUT2D eigenvalue weighted by atomic mass is 10.4. The van der Waals surface area contributed by atoms with E-state index < -0.39 is 0 Å². The first-order chi connectivity index (χ1) is 7.41. The summed E-state index contributed by atoms with van der Waals surface area (Å²) < 4.78 is 0. The summed E-state index contributed by atoms with van der Waals surface area (Å²) in [4.78, 5) is 0. The average Bonchev–Trinajstić information content (AvgIpc) is 2.26. The second-order valence-corrected chi connectivity index (χ2v) is 5.52. The van der Waals surface area contributed by atoms with Gasteiger partial charge in [-0.15, -0.1) is 0 Å². The maximum absolute atomic E-state index is 3.46. The third kappa shape index (κ3) is 14.6. The van der Waals surface area contributed by atoms with Crippen molar-refractivity contribution in [2.24, 2.45) is 0 Å². The summed E-state index contributed by atoms with van der Waals surface area (Å²) in [6, 6.07) is 0. The zero-order valence-electron chi connectivity index (χ0n) is 10.2. The molecule has 0 aromatic rings. The van der Waals surface area contributed by atoms with Gasteiger partial charge in [0.2, 0.25) is 0 Å². The van der Waals surface area contributed by atoms with Crippen LogP contribution in [0.4, 0.5) is 0 Å². The third-order valence-electron chi connectivity index (χ3n) is 2.11. The Hall–Kier alpha value is 0.620. The molecule has 0 unspecified atom stereocenters. The minimum absolute atomic E-state index is 1.16. The smallest absolute Gasteiger partial charge is 0.00368 e. The predicted molar refractivity (Wildman–Crippen MR) is 76.4 cm³/mol. The Bertz CT molecular complexity index is 101. The van der Waals surface area contributed by atoms with E-state index in [2.05, 4.69) is 23.1 Å². The number of rotatable bonds is 12. The molecule has 0 aliphatic heterocycles. The molecule has 0 rings (SSSR count). The molecule has 0 aromatic carbocycles. The van der Waals surface area contributed by atoms with Crippen molar-refractivity contribution in [1.29, 1.82) is 0 Å².